The summed E-state index contributed by atoms with van der Waals surface area (Å²) < 4.78 is 5.36. The van der Waals surface area contributed by atoms with Gasteiger partial charge in [0.25, 0.3) is 11.8 Å². The summed E-state index contributed by atoms with van der Waals surface area (Å²) in [5, 5.41) is 8.57. The van der Waals surface area contributed by atoms with Crippen molar-refractivity contribution in [2.75, 3.05) is 10.6 Å². The summed E-state index contributed by atoms with van der Waals surface area (Å²) in [5.41, 5.74) is 3.97. The van der Waals surface area contributed by atoms with Crippen molar-refractivity contribution in [3.05, 3.63) is 125 Å². The lowest BCUT2D eigenvalue weighted by molar-refractivity contribution is -0.115. The lowest BCUT2D eigenvalue weighted by Gasteiger charge is -2.13. The second-order valence-corrected chi connectivity index (χ2v) is 12.5. The summed E-state index contributed by atoms with van der Waals surface area (Å²) in [7, 11) is 0. The van der Waals surface area contributed by atoms with E-state index in [0.29, 0.717) is 22.1 Å². The molecule has 3 aromatic carbocycles. The molecule has 2 aromatic heterocycles. The van der Waals surface area contributed by atoms with E-state index in [9.17, 15) is 14.4 Å². The van der Waals surface area contributed by atoms with E-state index in [1.807, 2.05) is 51.1 Å². The summed E-state index contributed by atoms with van der Waals surface area (Å²) in [6.07, 6.45) is 2.95. The van der Waals surface area contributed by atoms with Gasteiger partial charge < -0.3 is 20.4 Å². The van der Waals surface area contributed by atoms with E-state index in [1.54, 1.807) is 60.7 Å². The Labute approximate surface area is 263 Å². The van der Waals surface area contributed by atoms with Crippen LogP contribution in [0.15, 0.2) is 112 Å². The standard InChI is InChI=1S/C34H30N4O4S2/c1-21-14-16-24(17-15-21)30-22(2)44-34(37-30)38-31(39)23(3)43-28-13-7-11-26(19-28)35-33(41)29(20-27-12-8-18-42-27)36-32(40)25-9-5-4-6-10-25/h4-20,23H,1-3H3,(H,35,41)(H,36,40)(H,37,38,39)/b29-20-. The lowest BCUT2D eigenvalue weighted by Crippen LogP contribution is -2.30. The first-order valence-electron chi connectivity index (χ1n) is 13.8. The van der Waals surface area contributed by atoms with Gasteiger partial charge in [-0.25, -0.2) is 4.98 Å². The van der Waals surface area contributed by atoms with Crippen LogP contribution in [0.4, 0.5) is 10.8 Å². The number of aryl methyl sites for hydroxylation is 2. The predicted octanol–water partition coefficient (Wildman–Crippen LogP) is 7.55. The first kappa shape index (κ1) is 30.5. The summed E-state index contributed by atoms with van der Waals surface area (Å²) >= 11 is 2.79. The Bertz CT molecular complexity index is 1800. The van der Waals surface area contributed by atoms with Crippen LogP contribution >= 0.6 is 23.1 Å². The van der Waals surface area contributed by atoms with Gasteiger partial charge >= 0.3 is 0 Å². The fraction of sp³-hybridized carbons (Fsp3) is 0.118. The van der Waals surface area contributed by atoms with Crippen molar-refractivity contribution in [3.8, 4) is 11.3 Å². The molecule has 1 atom stereocenters. The zero-order valence-corrected chi connectivity index (χ0v) is 25.9. The van der Waals surface area contributed by atoms with Gasteiger partial charge in [0.1, 0.15) is 11.5 Å². The van der Waals surface area contributed by atoms with Crippen molar-refractivity contribution in [3.63, 3.8) is 0 Å². The number of thiazole rings is 1. The summed E-state index contributed by atoms with van der Waals surface area (Å²) in [5.74, 6) is -0.721. The number of nitrogens with one attached hydrogen (secondary N) is 3. The van der Waals surface area contributed by atoms with E-state index >= 15 is 0 Å². The molecular formula is C34H30N4O4S2. The van der Waals surface area contributed by atoms with Crippen LogP contribution < -0.4 is 16.0 Å². The number of benzene rings is 3. The monoisotopic (exact) mass is 622 g/mol. The number of carbonyl (C=O) groups excluding carboxylic acids is 3. The van der Waals surface area contributed by atoms with Crippen molar-refractivity contribution in [1.29, 1.82) is 0 Å². The highest BCUT2D eigenvalue weighted by atomic mass is 32.2. The molecule has 3 N–H and O–H groups in total. The molecular weight excluding hydrogens is 593 g/mol. The summed E-state index contributed by atoms with van der Waals surface area (Å²) in [4.78, 5) is 45.6. The zero-order valence-electron chi connectivity index (χ0n) is 24.3. The molecule has 0 spiro atoms. The average molecular weight is 623 g/mol. The van der Waals surface area contributed by atoms with E-state index in [0.717, 1.165) is 21.0 Å². The molecule has 222 valence electrons. The largest absolute Gasteiger partial charge is 0.465 e. The molecule has 8 nitrogen and oxygen atoms in total. The van der Waals surface area contributed by atoms with E-state index in [2.05, 4.69) is 20.9 Å². The van der Waals surface area contributed by atoms with Gasteiger partial charge in [-0.15, -0.1) is 23.1 Å². The van der Waals surface area contributed by atoms with Gasteiger partial charge in [-0.3, -0.25) is 14.4 Å². The maximum absolute atomic E-state index is 13.3. The third-order valence-electron chi connectivity index (χ3n) is 6.48. The van der Waals surface area contributed by atoms with Crippen molar-refractivity contribution < 1.29 is 18.8 Å². The minimum absolute atomic E-state index is 0.0170. The molecule has 2 heterocycles. The van der Waals surface area contributed by atoms with E-state index < -0.39 is 17.1 Å². The van der Waals surface area contributed by atoms with Gasteiger partial charge in [0.05, 0.1) is 17.2 Å². The van der Waals surface area contributed by atoms with E-state index in [4.69, 9.17) is 4.42 Å². The van der Waals surface area contributed by atoms with Crippen LogP contribution in [0.1, 0.15) is 33.5 Å². The number of carbonyl (C=O) groups is 3. The van der Waals surface area contributed by atoms with Crippen LogP contribution in [0.25, 0.3) is 17.3 Å². The Balaban J connectivity index is 1.24. The van der Waals surface area contributed by atoms with Crippen molar-refractivity contribution in [2.45, 2.75) is 30.9 Å². The summed E-state index contributed by atoms with van der Waals surface area (Å²) in [6, 6.07) is 27.3. The van der Waals surface area contributed by atoms with Gasteiger partial charge in [-0.05, 0) is 63.2 Å². The molecule has 0 saturated carbocycles. The summed E-state index contributed by atoms with van der Waals surface area (Å²) in [6.45, 7) is 5.84. The molecule has 0 aliphatic heterocycles. The molecule has 3 amide bonds. The Kier molecular flexibility index (Phi) is 9.73. The molecule has 0 aliphatic carbocycles. The maximum atomic E-state index is 13.3. The molecule has 5 rings (SSSR count). The number of nitrogens with zero attached hydrogens (tertiary/aromatic N) is 1. The molecule has 0 saturated heterocycles. The van der Waals surface area contributed by atoms with Crippen molar-refractivity contribution in [1.82, 2.24) is 10.3 Å². The fourth-order valence-corrected chi connectivity index (χ4v) is 5.96. The van der Waals surface area contributed by atoms with Gasteiger partial charge in [-0.2, -0.15) is 0 Å². The van der Waals surface area contributed by atoms with Crippen LogP contribution in [-0.2, 0) is 9.59 Å². The highest BCUT2D eigenvalue weighted by Gasteiger charge is 2.19. The SMILES string of the molecule is Cc1ccc(-c2nc(NC(=O)C(C)Sc3cccc(NC(=O)/C(=C/c4ccco4)NC(=O)c4ccccc4)c3)sc2C)cc1. The van der Waals surface area contributed by atoms with Crippen LogP contribution in [0.3, 0.4) is 0 Å². The maximum Gasteiger partial charge on any atom is 0.272 e. The van der Waals surface area contributed by atoms with Crippen LogP contribution in [-0.4, -0.2) is 28.0 Å². The third kappa shape index (κ3) is 7.91. The molecule has 1 unspecified atom stereocenters. The molecule has 0 aliphatic rings. The quantitative estimate of drug-likeness (QED) is 0.110. The fourth-order valence-electron chi connectivity index (χ4n) is 4.20. The van der Waals surface area contributed by atoms with Crippen molar-refractivity contribution in [2.24, 2.45) is 0 Å². The smallest absolute Gasteiger partial charge is 0.272 e. The number of aromatic nitrogens is 1. The Morgan fingerprint density at radius 1 is 0.909 bits per heavy atom. The normalized spacial score (nSPS) is 11.9. The Morgan fingerprint density at radius 3 is 2.41 bits per heavy atom. The molecule has 44 heavy (non-hydrogen) atoms. The Hall–Kier alpha value is -4.93. The van der Waals surface area contributed by atoms with Gasteiger partial charge in [0, 0.05) is 32.7 Å². The third-order valence-corrected chi connectivity index (χ3v) is 8.46. The second kappa shape index (κ2) is 14.0. The van der Waals surface area contributed by atoms with Crippen LogP contribution in [0.2, 0.25) is 0 Å². The van der Waals surface area contributed by atoms with Gasteiger partial charge in [-0.1, -0.05) is 54.1 Å². The number of hydrogen-bond acceptors (Lipinski definition) is 7. The highest BCUT2D eigenvalue weighted by Crippen LogP contribution is 2.32. The minimum Gasteiger partial charge on any atom is -0.465 e. The molecule has 5 aromatic rings. The number of thioether (sulfide) groups is 1. The minimum atomic E-state index is -0.526. The first-order valence-corrected chi connectivity index (χ1v) is 15.5. The lowest BCUT2D eigenvalue weighted by atomic mass is 10.1. The topological polar surface area (TPSA) is 113 Å². The van der Waals surface area contributed by atoms with Crippen molar-refractivity contribution >= 4 is 57.7 Å². The number of anilines is 2. The molecule has 10 heteroatoms. The number of rotatable bonds is 10. The first-order chi connectivity index (χ1) is 21.2. The molecule has 0 bridgehead atoms. The van der Waals surface area contributed by atoms with E-state index in [-0.39, 0.29) is 11.6 Å². The van der Waals surface area contributed by atoms with Gasteiger partial charge in [0.2, 0.25) is 5.91 Å². The number of amides is 3. The van der Waals surface area contributed by atoms with Gasteiger partial charge in [0.15, 0.2) is 5.13 Å². The van der Waals surface area contributed by atoms with Crippen LogP contribution in [0.5, 0.6) is 0 Å². The highest BCUT2D eigenvalue weighted by molar-refractivity contribution is 8.00. The second-order valence-electron chi connectivity index (χ2n) is 9.91. The molecule has 0 radical (unpaired) electrons. The average Bonchev–Trinajstić information content (AvgIpc) is 3.67. The number of furan rings is 1. The molecule has 0 fully saturated rings. The predicted molar refractivity (Wildman–Crippen MR) is 177 cm³/mol. The van der Waals surface area contributed by atoms with Crippen LogP contribution in [0, 0.1) is 13.8 Å². The zero-order chi connectivity index (χ0) is 31.1. The van der Waals surface area contributed by atoms with E-state index in [1.165, 1.54) is 41.0 Å². The Morgan fingerprint density at radius 2 is 1.68 bits per heavy atom. The number of hydrogen-bond donors (Lipinski definition) is 3.